The van der Waals surface area contributed by atoms with Gasteiger partial charge in [0.05, 0.1) is 0 Å². The number of fused-ring (bicyclic) bond motifs is 2. The summed E-state index contributed by atoms with van der Waals surface area (Å²) in [4.78, 5) is 15.0. The molecule has 1 aromatic rings. The molecule has 0 N–H and O–H groups in total. The molecule has 0 radical (unpaired) electrons. The summed E-state index contributed by atoms with van der Waals surface area (Å²) in [6.45, 7) is 6.99. The maximum atomic E-state index is 12.4. The van der Waals surface area contributed by atoms with Gasteiger partial charge >= 0.3 is 0 Å². The predicted octanol–water partition coefficient (Wildman–Crippen LogP) is 3.44. The van der Waals surface area contributed by atoms with Gasteiger partial charge in [-0.1, -0.05) is 13.8 Å². The lowest BCUT2D eigenvalue weighted by Crippen LogP contribution is -2.39. The van der Waals surface area contributed by atoms with Crippen molar-refractivity contribution in [3.05, 3.63) is 23.5 Å². The minimum absolute atomic E-state index is 0.119. The van der Waals surface area contributed by atoms with Crippen LogP contribution in [0.15, 0.2) is 12.3 Å². The van der Waals surface area contributed by atoms with Crippen LogP contribution in [0.3, 0.4) is 0 Å². The molecule has 0 aromatic carbocycles. The van der Waals surface area contributed by atoms with Crippen LogP contribution in [0.2, 0.25) is 0 Å². The molecule has 3 nitrogen and oxygen atoms in total. The van der Waals surface area contributed by atoms with E-state index in [9.17, 15) is 4.79 Å². The predicted molar refractivity (Wildman–Crippen MR) is 83.7 cm³/mol. The van der Waals surface area contributed by atoms with Crippen molar-refractivity contribution >= 4 is 5.78 Å². The van der Waals surface area contributed by atoms with E-state index in [1.165, 1.54) is 44.5 Å². The molecule has 2 unspecified atom stereocenters. The number of carbonyl (C=O) groups excluding carboxylic acids is 1. The SMILES string of the molecule is CC1(C)CC(=O)c2ccn(C3CCN4CCCC4C3)c2C1. The molecule has 21 heavy (non-hydrogen) atoms. The number of hydrogen-bond acceptors (Lipinski definition) is 2. The lowest BCUT2D eigenvalue weighted by atomic mass is 9.76. The Morgan fingerprint density at radius 3 is 2.86 bits per heavy atom. The van der Waals surface area contributed by atoms with E-state index >= 15 is 0 Å². The second kappa shape index (κ2) is 4.70. The maximum absolute atomic E-state index is 12.4. The number of ketones is 1. The van der Waals surface area contributed by atoms with Gasteiger partial charge in [0.1, 0.15) is 0 Å². The monoisotopic (exact) mass is 286 g/mol. The molecule has 3 heterocycles. The van der Waals surface area contributed by atoms with E-state index in [0.29, 0.717) is 18.2 Å². The van der Waals surface area contributed by atoms with E-state index in [2.05, 4.69) is 35.6 Å². The van der Waals surface area contributed by atoms with Crippen LogP contribution >= 0.6 is 0 Å². The van der Waals surface area contributed by atoms with Gasteiger partial charge in [-0.25, -0.2) is 0 Å². The molecule has 0 amide bonds. The summed E-state index contributed by atoms with van der Waals surface area (Å²) in [6.07, 6.45) is 9.19. The first-order chi connectivity index (χ1) is 10.0. The molecule has 3 heteroatoms. The second-order valence-corrected chi connectivity index (χ2v) is 8.03. The average molecular weight is 286 g/mol. The summed E-state index contributed by atoms with van der Waals surface area (Å²) < 4.78 is 2.46. The third-order valence-corrected chi connectivity index (χ3v) is 5.80. The van der Waals surface area contributed by atoms with Gasteiger partial charge in [-0.2, -0.15) is 0 Å². The zero-order valence-corrected chi connectivity index (χ0v) is 13.3. The largest absolute Gasteiger partial charge is 0.348 e. The zero-order valence-electron chi connectivity index (χ0n) is 13.3. The van der Waals surface area contributed by atoms with Crippen molar-refractivity contribution in [3.63, 3.8) is 0 Å². The van der Waals surface area contributed by atoms with Gasteiger partial charge in [-0.15, -0.1) is 0 Å². The number of nitrogens with zero attached hydrogens (tertiary/aromatic N) is 2. The first-order valence-electron chi connectivity index (χ1n) is 8.50. The molecule has 2 saturated heterocycles. The van der Waals surface area contributed by atoms with E-state index in [1.54, 1.807) is 0 Å². The highest BCUT2D eigenvalue weighted by molar-refractivity contribution is 5.98. The van der Waals surface area contributed by atoms with E-state index in [-0.39, 0.29) is 5.41 Å². The Labute approximate surface area is 127 Å². The molecule has 0 saturated carbocycles. The third kappa shape index (κ3) is 2.26. The molecule has 2 atom stereocenters. The minimum Gasteiger partial charge on any atom is -0.348 e. The number of hydrogen-bond donors (Lipinski definition) is 0. The quantitative estimate of drug-likeness (QED) is 0.790. The minimum atomic E-state index is 0.119. The van der Waals surface area contributed by atoms with E-state index < -0.39 is 0 Å². The summed E-state index contributed by atoms with van der Waals surface area (Å²) >= 11 is 0. The Morgan fingerprint density at radius 1 is 1.14 bits per heavy atom. The van der Waals surface area contributed by atoms with Crippen molar-refractivity contribution in [2.75, 3.05) is 13.1 Å². The van der Waals surface area contributed by atoms with Crippen LogP contribution in [-0.4, -0.2) is 34.4 Å². The standard InChI is InChI=1S/C18H26N2O/c1-18(2)11-16-15(17(21)12-18)6-9-20(16)14-5-8-19-7-3-4-13(19)10-14/h6,9,13-14H,3-5,7-8,10-12H2,1-2H3. The highest BCUT2D eigenvalue weighted by Crippen LogP contribution is 2.39. The van der Waals surface area contributed by atoms with Crippen molar-refractivity contribution in [3.8, 4) is 0 Å². The summed E-state index contributed by atoms with van der Waals surface area (Å²) in [5.41, 5.74) is 2.43. The Kier molecular flexibility index (Phi) is 3.04. The molecule has 2 fully saturated rings. The molecule has 1 aliphatic carbocycles. The van der Waals surface area contributed by atoms with Crippen LogP contribution in [0, 0.1) is 5.41 Å². The van der Waals surface area contributed by atoms with E-state index in [0.717, 1.165) is 18.0 Å². The van der Waals surface area contributed by atoms with Gasteiger partial charge < -0.3 is 9.47 Å². The number of Topliss-reactive ketones (excluding diaryl/α,β-unsaturated/α-hetero) is 1. The molecule has 2 aliphatic heterocycles. The highest BCUT2D eigenvalue weighted by Gasteiger charge is 2.37. The van der Waals surface area contributed by atoms with Crippen LogP contribution in [-0.2, 0) is 6.42 Å². The van der Waals surface area contributed by atoms with Crippen LogP contribution < -0.4 is 0 Å². The van der Waals surface area contributed by atoms with Crippen molar-refractivity contribution in [2.45, 2.75) is 64.5 Å². The topological polar surface area (TPSA) is 25.2 Å². The molecule has 0 spiro atoms. The zero-order chi connectivity index (χ0) is 14.6. The van der Waals surface area contributed by atoms with Crippen LogP contribution in [0.25, 0.3) is 0 Å². The van der Waals surface area contributed by atoms with Crippen LogP contribution in [0.4, 0.5) is 0 Å². The van der Waals surface area contributed by atoms with Crippen molar-refractivity contribution in [2.24, 2.45) is 5.41 Å². The lowest BCUT2D eigenvalue weighted by Gasteiger charge is -2.38. The Morgan fingerprint density at radius 2 is 2.00 bits per heavy atom. The van der Waals surface area contributed by atoms with E-state index in [1.807, 2.05) is 0 Å². The highest BCUT2D eigenvalue weighted by atomic mass is 16.1. The summed E-state index contributed by atoms with van der Waals surface area (Å²) in [5.74, 6) is 0.346. The summed E-state index contributed by atoms with van der Waals surface area (Å²) in [7, 11) is 0. The first kappa shape index (κ1) is 13.6. The molecule has 4 rings (SSSR count). The second-order valence-electron chi connectivity index (χ2n) is 8.03. The van der Waals surface area contributed by atoms with Crippen molar-refractivity contribution in [1.82, 2.24) is 9.47 Å². The number of rotatable bonds is 1. The third-order valence-electron chi connectivity index (χ3n) is 5.80. The molecule has 0 bridgehead atoms. The fraction of sp³-hybridized carbons (Fsp3) is 0.722. The Hall–Kier alpha value is -1.09. The molecule has 1 aromatic heterocycles. The summed E-state index contributed by atoms with van der Waals surface area (Å²) in [6, 6.07) is 3.47. The Balaban J connectivity index is 1.63. The maximum Gasteiger partial charge on any atom is 0.165 e. The smallest absolute Gasteiger partial charge is 0.165 e. The molecule has 3 aliphatic rings. The van der Waals surface area contributed by atoms with Gasteiger partial charge in [-0.05, 0) is 50.1 Å². The number of piperidine rings is 1. The van der Waals surface area contributed by atoms with Gasteiger partial charge in [0.15, 0.2) is 5.78 Å². The van der Waals surface area contributed by atoms with Crippen LogP contribution in [0.1, 0.15) is 68.0 Å². The fourth-order valence-electron chi connectivity index (χ4n) is 4.76. The van der Waals surface area contributed by atoms with E-state index in [4.69, 9.17) is 0 Å². The summed E-state index contributed by atoms with van der Waals surface area (Å²) in [5, 5.41) is 0. The van der Waals surface area contributed by atoms with Gasteiger partial charge in [0, 0.05) is 42.5 Å². The normalized spacial score (nSPS) is 32.0. The van der Waals surface area contributed by atoms with Gasteiger partial charge in [0.25, 0.3) is 0 Å². The number of aromatic nitrogens is 1. The van der Waals surface area contributed by atoms with Crippen LogP contribution in [0.5, 0.6) is 0 Å². The van der Waals surface area contributed by atoms with Gasteiger partial charge in [0.2, 0.25) is 0 Å². The average Bonchev–Trinajstić information content (AvgIpc) is 3.02. The number of carbonyl (C=O) groups is 1. The first-order valence-corrected chi connectivity index (χ1v) is 8.50. The van der Waals surface area contributed by atoms with Crippen molar-refractivity contribution < 1.29 is 4.79 Å². The van der Waals surface area contributed by atoms with Crippen molar-refractivity contribution in [1.29, 1.82) is 0 Å². The molecular formula is C18H26N2O. The molecule has 114 valence electrons. The fourth-order valence-corrected chi connectivity index (χ4v) is 4.76. The lowest BCUT2D eigenvalue weighted by molar-refractivity contribution is 0.0906. The Bertz CT molecular complexity index is 572. The van der Waals surface area contributed by atoms with Gasteiger partial charge in [-0.3, -0.25) is 4.79 Å². The molecular weight excluding hydrogens is 260 g/mol.